The van der Waals surface area contributed by atoms with E-state index < -0.39 is 5.97 Å². The molecule has 0 aromatic carbocycles. The van der Waals surface area contributed by atoms with Crippen LogP contribution in [0.1, 0.15) is 84.0 Å². The average molecular weight is 344 g/mol. The largest absolute Gasteiger partial charge is 0.331 e. The molecule has 0 aromatic heterocycles. The Morgan fingerprint density at radius 2 is 1.46 bits per heavy atom. The summed E-state index contributed by atoms with van der Waals surface area (Å²) < 4.78 is 16.9. The Kier molecular flexibility index (Phi) is 11.9. The minimum atomic E-state index is -0.926. The number of nitrogens with one attached hydrogen (secondary N) is 1. The van der Waals surface area contributed by atoms with Crippen molar-refractivity contribution in [3.63, 3.8) is 0 Å². The lowest BCUT2D eigenvalue weighted by molar-refractivity contribution is -0.378. The molecule has 0 saturated heterocycles. The van der Waals surface area contributed by atoms with Crippen LogP contribution in [0.4, 0.5) is 0 Å². The van der Waals surface area contributed by atoms with Gasteiger partial charge in [0, 0.05) is 33.9 Å². The monoisotopic (exact) mass is 343 g/mol. The third-order valence-corrected chi connectivity index (χ3v) is 5.52. The van der Waals surface area contributed by atoms with Crippen LogP contribution >= 0.6 is 0 Å². The fourth-order valence-corrected chi connectivity index (χ4v) is 3.94. The fourth-order valence-electron chi connectivity index (χ4n) is 3.94. The molecule has 4 heteroatoms. The topological polar surface area (TPSA) is 39.7 Å². The molecule has 0 aromatic rings. The molecule has 1 aliphatic carbocycles. The van der Waals surface area contributed by atoms with Gasteiger partial charge in [-0.05, 0) is 19.3 Å². The first-order valence-corrected chi connectivity index (χ1v) is 10.1. The molecule has 24 heavy (non-hydrogen) atoms. The quantitative estimate of drug-likeness (QED) is 0.361. The summed E-state index contributed by atoms with van der Waals surface area (Å²) in [5.41, 5.74) is 0. The Labute approximate surface area is 150 Å². The number of unbranched alkanes of at least 4 members (excludes halogenated alkanes) is 5. The Morgan fingerprint density at radius 3 is 2.04 bits per heavy atom. The molecule has 1 atom stereocenters. The molecule has 1 fully saturated rings. The van der Waals surface area contributed by atoms with Crippen LogP contribution in [0.3, 0.4) is 0 Å². The van der Waals surface area contributed by atoms with E-state index in [4.69, 9.17) is 14.2 Å². The summed E-state index contributed by atoms with van der Waals surface area (Å²) in [5, 5.41) is 3.75. The van der Waals surface area contributed by atoms with Gasteiger partial charge in [-0.15, -0.1) is 0 Å². The van der Waals surface area contributed by atoms with Crippen molar-refractivity contribution in [2.75, 3.05) is 27.9 Å². The minimum Gasteiger partial charge on any atom is -0.331 e. The summed E-state index contributed by atoms with van der Waals surface area (Å²) in [6, 6.07) is 0.647. The summed E-state index contributed by atoms with van der Waals surface area (Å²) >= 11 is 0. The molecule has 4 nitrogen and oxygen atoms in total. The van der Waals surface area contributed by atoms with Crippen LogP contribution in [0.15, 0.2) is 0 Å². The Morgan fingerprint density at radius 1 is 0.875 bits per heavy atom. The predicted molar refractivity (Wildman–Crippen MR) is 100 cm³/mol. The molecular formula is C20H41NO3. The highest BCUT2D eigenvalue weighted by Crippen LogP contribution is 2.29. The van der Waals surface area contributed by atoms with Crippen LogP contribution in [0.25, 0.3) is 0 Å². The zero-order chi connectivity index (χ0) is 17.7. The Hall–Kier alpha value is -0.160. The van der Waals surface area contributed by atoms with Gasteiger partial charge in [0.1, 0.15) is 0 Å². The molecule has 0 amide bonds. The molecule has 1 saturated carbocycles. The van der Waals surface area contributed by atoms with E-state index in [0.717, 1.165) is 13.0 Å². The van der Waals surface area contributed by atoms with Crippen LogP contribution in [0.2, 0.25) is 0 Å². The number of rotatable bonds is 14. The lowest BCUT2D eigenvalue weighted by Gasteiger charge is -2.37. The second-order valence-corrected chi connectivity index (χ2v) is 7.21. The van der Waals surface area contributed by atoms with Gasteiger partial charge in [-0.3, -0.25) is 0 Å². The summed E-state index contributed by atoms with van der Waals surface area (Å²) in [5.74, 6) is -0.712. The molecule has 144 valence electrons. The highest BCUT2D eigenvalue weighted by molar-refractivity contribution is 4.78. The molecule has 0 bridgehead atoms. The van der Waals surface area contributed by atoms with E-state index in [-0.39, 0.29) is 5.92 Å². The van der Waals surface area contributed by atoms with E-state index >= 15 is 0 Å². The Bertz CT molecular complexity index is 280. The minimum absolute atomic E-state index is 0.214. The second kappa shape index (κ2) is 13.1. The molecule has 1 N–H and O–H groups in total. The van der Waals surface area contributed by atoms with Gasteiger partial charge in [0.2, 0.25) is 0 Å². The van der Waals surface area contributed by atoms with Crippen molar-refractivity contribution in [3.05, 3.63) is 0 Å². The molecule has 1 rings (SSSR count). The van der Waals surface area contributed by atoms with Crippen LogP contribution in [-0.4, -0.2) is 39.9 Å². The van der Waals surface area contributed by atoms with E-state index in [0.29, 0.717) is 6.04 Å². The van der Waals surface area contributed by atoms with Crippen LogP contribution < -0.4 is 5.32 Å². The number of hydrogen-bond acceptors (Lipinski definition) is 4. The van der Waals surface area contributed by atoms with Crippen molar-refractivity contribution >= 4 is 0 Å². The Balaban J connectivity index is 2.47. The van der Waals surface area contributed by atoms with Crippen molar-refractivity contribution in [1.29, 1.82) is 0 Å². The summed E-state index contributed by atoms with van der Waals surface area (Å²) in [6.07, 6.45) is 15.6. The maximum Gasteiger partial charge on any atom is 0.286 e. The van der Waals surface area contributed by atoms with E-state index in [9.17, 15) is 0 Å². The zero-order valence-corrected chi connectivity index (χ0v) is 16.6. The highest BCUT2D eigenvalue weighted by atomic mass is 16.9. The van der Waals surface area contributed by atoms with Gasteiger partial charge in [0.05, 0.1) is 5.92 Å². The molecule has 0 heterocycles. The van der Waals surface area contributed by atoms with Crippen LogP contribution in [0, 0.1) is 5.92 Å². The van der Waals surface area contributed by atoms with Gasteiger partial charge in [-0.25, -0.2) is 0 Å². The average Bonchev–Trinajstić information content (AvgIpc) is 2.64. The van der Waals surface area contributed by atoms with Crippen molar-refractivity contribution in [2.24, 2.45) is 5.92 Å². The molecule has 0 aliphatic heterocycles. The van der Waals surface area contributed by atoms with Crippen LogP contribution in [0.5, 0.6) is 0 Å². The van der Waals surface area contributed by atoms with E-state index in [1.165, 1.54) is 70.6 Å². The third-order valence-electron chi connectivity index (χ3n) is 5.52. The lowest BCUT2D eigenvalue weighted by atomic mass is 9.93. The number of methoxy groups -OCH3 is 3. The van der Waals surface area contributed by atoms with Crippen LogP contribution in [-0.2, 0) is 14.2 Å². The van der Waals surface area contributed by atoms with Gasteiger partial charge < -0.3 is 19.5 Å². The molecule has 1 unspecified atom stereocenters. The van der Waals surface area contributed by atoms with Gasteiger partial charge in [-0.1, -0.05) is 64.7 Å². The van der Waals surface area contributed by atoms with Gasteiger partial charge >= 0.3 is 0 Å². The molecule has 0 radical (unpaired) electrons. The lowest BCUT2D eigenvalue weighted by Crippen LogP contribution is -2.49. The van der Waals surface area contributed by atoms with Crippen molar-refractivity contribution in [1.82, 2.24) is 5.32 Å². The maximum absolute atomic E-state index is 5.65. The zero-order valence-electron chi connectivity index (χ0n) is 16.6. The van der Waals surface area contributed by atoms with Gasteiger partial charge in [0.25, 0.3) is 5.97 Å². The highest BCUT2D eigenvalue weighted by Gasteiger charge is 2.39. The standard InChI is InChI=1S/C20H41NO3/c1-5-6-7-8-9-11-14-18(20(22-2,23-3)24-4)17-21-19-15-12-10-13-16-19/h18-19,21H,5-17H2,1-4H3. The van der Waals surface area contributed by atoms with Crippen molar-refractivity contribution < 1.29 is 14.2 Å². The smallest absolute Gasteiger partial charge is 0.286 e. The maximum atomic E-state index is 5.65. The third kappa shape index (κ3) is 7.38. The van der Waals surface area contributed by atoms with E-state index in [1.807, 2.05) is 0 Å². The number of ether oxygens (including phenoxy) is 3. The van der Waals surface area contributed by atoms with Gasteiger partial charge in [-0.2, -0.15) is 0 Å². The number of hydrogen-bond donors (Lipinski definition) is 1. The normalized spacial score (nSPS) is 18.0. The summed E-state index contributed by atoms with van der Waals surface area (Å²) in [6.45, 7) is 3.16. The van der Waals surface area contributed by atoms with Gasteiger partial charge in [0.15, 0.2) is 0 Å². The summed E-state index contributed by atoms with van der Waals surface area (Å²) in [4.78, 5) is 0. The molecule has 0 spiro atoms. The van der Waals surface area contributed by atoms with E-state index in [1.54, 1.807) is 21.3 Å². The predicted octanol–water partition coefficient (Wildman–Crippen LogP) is 4.87. The van der Waals surface area contributed by atoms with Crippen molar-refractivity contribution in [3.8, 4) is 0 Å². The molecule has 1 aliphatic rings. The first-order chi connectivity index (χ1) is 11.7. The second-order valence-electron chi connectivity index (χ2n) is 7.21. The SMILES string of the molecule is CCCCCCCCC(CNC1CCCCC1)C(OC)(OC)OC. The fraction of sp³-hybridized carbons (Fsp3) is 1.00. The van der Waals surface area contributed by atoms with E-state index in [2.05, 4.69) is 12.2 Å². The summed E-state index contributed by atoms with van der Waals surface area (Å²) in [7, 11) is 5.05. The van der Waals surface area contributed by atoms with Crippen molar-refractivity contribution in [2.45, 2.75) is 96.0 Å². The first kappa shape index (κ1) is 21.9. The first-order valence-electron chi connectivity index (χ1n) is 10.1. The molecular weight excluding hydrogens is 302 g/mol.